The molecule has 0 aliphatic heterocycles. The van der Waals surface area contributed by atoms with Gasteiger partial charge in [0, 0.05) is 10.7 Å². The molecule has 0 radical (unpaired) electrons. The van der Waals surface area contributed by atoms with Crippen molar-refractivity contribution in [2.45, 2.75) is 13.0 Å². The summed E-state index contributed by atoms with van der Waals surface area (Å²) < 4.78 is 5.16. The molecule has 3 aromatic rings. The Morgan fingerprint density at radius 1 is 1.08 bits per heavy atom. The highest BCUT2D eigenvalue weighted by molar-refractivity contribution is 6.30. The fourth-order valence-electron chi connectivity index (χ4n) is 2.11. The zero-order chi connectivity index (χ0) is 17.8. The Hall–Kier alpha value is -2.99. The van der Waals surface area contributed by atoms with E-state index in [1.165, 1.54) is 13.1 Å². The first-order valence-electron chi connectivity index (χ1n) is 7.52. The van der Waals surface area contributed by atoms with Crippen molar-refractivity contribution in [3.8, 4) is 0 Å². The normalized spacial score (nSPS) is 11.8. The highest BCUT2D eigenvalue weighted by Crippen LogP contribution is 2.14. The molecule has 1 heterocycles. The summed E-state index contributed by atoms with van der Waals surface area (Å²) in [5, 5.41) is 3.21. The molecule has 0 bridgehead atoms. The molecule has 126 valence electrons. The molecule has 0 spiro atoms. The van der Waals surface area contributed by atoms with Crippen LogP contribution in [0.3, 0.4) is 0 Å². The average molecular weight is 356 g/mol. The number of aromatic nitrogens is 2. The second-order valence-corrected chi connectivity index (χ2v) is 5.72. The predicted molar refractivity (Wildman–Crippen MR) is 94.5 cm³/mol. The molecule has 25 heavy (non-hydrogen) atoms. The number of anilines is 1. The number of amides is 1. The number of esters is 1. The standard InChI is InChI=1S/C18H14ClN3O3/c1-11(17(23)21-13-8-6-12(19)7-9-13)25-18(24)16-10-20-14-4-2-3-5-15(14)22-16/h2-11H,1H3,(H,21,23). The molecule has 7 heteroatoms. The number of hydrogen-bond donors (Lipinski definition) is 1. The summed E-state index contributed by atoms with van der Waals surface area (Å²) in [6, 6.07) is 13.8. The molecule has 1 N–H and O–H groups in total. The zero-order valence-corrected chi connectivity index (χ0v) is 14.0. The molecule has 6 nitrogen and oxygen atoms in total. The summed E-state index contributed by atoms with van der Waals surface area (Å²) in [6.07, 6.45) is 0.338. The van der Waals surface area contributed by atoms with Gasteiger partial charge >= 0.3 is 5.97 Å². The van der Waals surface area contributed by atoms with Crippen LogP contribution in [0.4, 0.5) is 5.69 Å². The van der Waals surface area contributed by atoms with Gasteiger partial charge in [-0.1, -0.05) is 23.7 Å². The van der Waals surface area contributed by atoms with E-state index >= 15 is 0 Å². The Bertz CT molecular complexity index is 928. The lowest BCUT2D eigenvalue weighted by Gasteiger charge is -2.13. The van der Waals surface area contributed by atoms with E-state index in [2.05, 4.69) is 15.3 Å². The van der Waals surface area contributed by atoms with E-state index in [4.69, 9.17) is 16.3 Å². The van der Waals surface area contributed by atoms with Crippen LogP contribution in [-0.4, -0.2) is 27.9 Å². The molecule has 2 aromatic carbocycles. The zero-order valence-electron chi connectivity index (χ0n) is 13.3. The number of nitrogens with zero attached hydrogens (tertiary/aromatic N) is 2. The predicted octanol–water partition coefficient (Wildman–Crippen LogP) is 3.47. The molecular weight excluding hydrogens is 342 g/mol. The highest BCUT2D eigenvalue weighted by atomic mass is 35.5. The maximum Gasteiger partial charge on any atom is 0.359 e. The third kappa shape index (κ3) is 4.10. The van der Waals surface area contributed by atoms with Crippen molar-refractivity contribution in [1.82, 2.24) is 9.97 Å². The molecule has 1 atom stereocenters. The van der Waals surface area contributed by atoms with Gasteiger partial charge in [-0.05, 0) is 43.3 Å². The quantitative estimate of drug-likeness (QED) is 0.725. The van der Waals surface area contributed by atoms with Crippen molar-refractivity contribution in [1.29, 1.82) is 0 Å². The minimum atomic E-state index is -0.989. The van der Waals surface area contributed by atoms with E-state index in [0.29, 0.717) is 21.7 Å². The van der Waals surface area contributed by atoms with Gasteiger partial charge in [0.15, 0.2) is 11.8 Å². The van der Waals surface area contributed by atoms with E-state index in [-0.39, 0.29) is 5.69 Å². The molecule has 0 aliphatic carbocycles. The summed E-state index contributed by atoms with van der Waals surface area (Å²) in [4.78, 5) is 32.6. The van der Waals surface area contributed by atoms with Gasteiger partial charge in [-0.25, -0.2) is 9.78 Å². The number of carbonyl (C=O) groups excluding carboxylic acids is 2. The van der Waals surface area contributed by atoms with Crippen LogP contribution in [-0.2, 0) is 9.53 Å². The molecule has 0 fully saturated rings. The second-order valence-electron chi connectivity index (χ2n) is 5.29. The Labute approximate surface area is 148 Å². The van der Waals surface area contributed by atoms with Crippen LogP contribution in [0.2, 0.25) is 5.02 Å². The highest BCUT2D eigenvalue weighted by Gasteiger charge is 2.20. The number of para-hydroxylation sites is 2. The summed E-state index contributed by atoms with van der Waals surface area (Å²) in [5.41, 5.74) is 1.86. The largest absolute Gasteiger partial charge is 0.448 e. The average Bonchev–Trinajstić information content (AvgIpc) is 2.63. The second kappa shape index (κ2) is 7.27. The van der Waals surface area contributed by atoms with Gasteiger partial charge < -0.3 is 10.1 Å². The van der Waals surface area contributed by atoms with E-state index in [1.54, 1.807) is 42.5 Å². The maximum atomic E-state index is 12.2. The Morgan fingerprint density at radius 3 is 2.48 bits per heavy atom. The van der Waals surface area contributed by atoms with E-state index in [1.807, 2.05) is 6.07 Å². The van der Waals surface area contributed by atoms with Crippen LogP contribution in [0.25, 0.3) is 11.0 Å². The van der Waals surface area contributed by atoms with Gasteiger partial charge in [0.05, 0.1) is 17.2 Å². The number of nitrogens with one attached hydrogen (secondary N) is 1. The number of rotatable bonds is 4. The summed E-state index contributed by atoms with van der Waals surface area (Å²) in [5.74, 6) is -1.17. The summed E-state index contributed by atoms with van der Waals surface area (Å²) in [6.45, 7) is 1.48. The van der Waals surface area contributed by atoms with Crippen LogP contribution in [0, 0.1) is 0 Å². The fourth-order valence-corrected chi connectivity index (χ4v) is 2.23. The van der Waals surface area contributed by atoms with Gasteiger partial charge in [0.1, 0.15) is 0 Å². The van der Waals surface area contributed by atoms with Crippen LogP contribution < -0.4 is 5.32 Å². The first kappa shape index (κ1) is 16.9. The first-order valence-corrected chi connectivity index (χ1v) is 7.90. The lowest BCUT2D eigenvalue weighted by Crippen LogP contribution is -2.30. The molecule has 1 aromatic heterocycles. The molecule has 1 amide bonds. The number of fused-ring (bicyclic) bond motifs is 1. The number of ether oxygens (including phenoxy) is 1. The SMILES string of the molecule is CC(OC(=O)c1cnc2ccccc2n1)C(=O)Nc1ccc(Cl)cc1. The maximum absolute atomic E-state index is 12.2. The molecule has 0 aliphatic rings. The van der Waals surface area contributed by atoms with Gasteiger partial charge in [-0.2, -0.15) is 0 Å². The van der Waals surface area contributed by atoms with Crippen molar-refractivity contribution in [3.05, 3.63) is 65.4 Å². The molecule has 3 rings (SSSR count). The summed E-state index contributed by atoms with van der Waals surface area (Å²) >= 11 is 5.79. The number of hydrogen-bond acceptors (Lipinski definition) is 5. The lowest BCUT2D eigenvalue weighted by atomic mass is 10.3. The number of halogens is 1. The molecule has 1 unspecified atom stereocenters. The van der Waals surface area contributed by atoms with Gasteiger partial charge in [0.2, 0.25) is 0 Å². The number of carbonyl (C=O) groups is 2. The Balaban J connectivity index is 1.66. The minimum Gasteiger partial charge on any atom is -0.448 e. The van der Waals surface area contributed by atoms with E-state index < -0.39 is 18.0 Å². The van der Waals surface area contributed by atoms with E-state index in [9.17, 15) is 9.59 Å². The fraction of sp³-hybridized carbons (Fsp3) is 0.111. The third-order valence-electron chi connectivity index (χ3n) is 3.42. The Kier molecular flexibility index (Phi) is 4.90. The molecular formula is C18H14ClN3O3. The van der Waals surface area contributed by atoms with Crippen molar-refractivity contribution < 1.29 is 14.3 Å². The topological polar surface area (TPSA) is 81.2 Å². The van der Waals surface area contributed by atoms with Crippen LogP contribution in [0.15, 0.2) is 54.7 Å². The van der Waals surface area contributed by atoms with Crippen molar-refractivity contribution in [2.75, 3.05) is 5.32 Å². The van der Waals surface area contributed by atoms with Crippen LogP contribution in [0.5, 0.6) is 0 Å². The Morgan fingerprint density at radius 2 is 1.76 bits per heavy atom. The molecule has 0 saturated carbocycles. The van der Waals surface area contributed by atoms with Gasteiger partial charge in [0.25, 0.3) is 5.91 Å². The van der Waals surface area contributed by atoms with Gasteiger partial charge in [-0.3, -0.25) is 9.78 Å². The van der Waals surface area contributed by atoms with Crippen molar-refractivity contribution in [3.63, 3.8) is 0 Å². The van der Waals surface area contributed by atoms with E-state index in [0.717, 1.165) is 0 Å². The minimum absolute atomic E-state index is 0.0462. The summed E-state index contributed by atoms with van der Waals surface area (Å²) in [7, 11) is 0. The van der Waals surface area contributed by atoms with Crippen molar-refractivity contribution in [2.24, 2.45) is 0 Å². The monoisotopic (exact) mass is 355 g/mol. The van der Waals surface area contributed by atoms with Crippen LogP contribution in [0.1, 0.15) is 17.4 Å². The molecule has 0 saturated heterocycles. The smallest absolute Gasteiger partial charge is 0.359 e. The first-order chi connectivity index (χ1) is 12.0. The third-order valence-corrected chi connectivity index (χ3v) is 3.67. The van der Waals surface area contributed by atoms with Crippen LogP contribution >= 0.6 is 11.6 Å². The van der Waals surface area contributed by atoms with Crippen molar-refractivity contribution >= 4 is 40.2 Å². The number of benzene rings is 2. The van der Waals surface area contributed by atoms with Gasteiger partial charge in [-0.15, -0.1) is 0 Å². The lowest BCUT2D eigenvalue weighted by molar-refractivity contribution is -0.123.